The van der Waals surface area contributed by atoms with Gasteiger partial charge in [-0.2, -0.15) is 20.3 Å². The summed E-state index contributed by atoms with van der Waals surface area (Å²) in [6, 6.07) is 3.31. The molecule has 1 aromatic rings. The normalized spacial score (nSPS) is 16.8. The Morgan fingerprint density at radius 3 is 2.85 bits per heavy atom. The van der Waals surface area contributed by atoms with Gasteiger partial charge in [-0.25, -0.2) is 4.98 Å². The summed E-state index contributed by atoms with van der Waals surface area (Å²) in [5, 5.41) is 16.2. The summed E-state index contributed by atoms with van der Waals surface area (Å²) in [4.78, 5) is 28.3. The lowest BCUT2D eigenvalue weighted by atomic mass is 10.0. The van der Waals surface area contributed by atoms with E-state index in [0.717, 1.165) is 0 Å². The number of carbonyl (C=O) groups excluding carboxylic acids is 2. The number of hydrogen-bond donors (Lipinski definition) is 1. The zero-order valence-electron chi connectivity index (χ0n) is 15.0. The van der Waals surface area contributed by atoms with E-state index >= 15 is 0 Å². The van der Waals surface area contributed by atoms with Crippen LogP contribution in [-0.4, -0.2) is 41.9 Å². The monoisotopic (exact) mass is 368 g/mol. The van der Waals surface area contributed by atoms with E-state index in [1.165, 1.54) is 11.2 Å². The minimum atomic E-state index is -0.472. The first-order valence-corrected chi connectivity index (χ1v) is 8.57. The summed E-state index contributed by atoms with van der Waals surface area (Å²) in [6.07, 6.45) is 9.03. The molecule has 27 heavy (non-hydrogen) atoms. The van der Waals surface area contributed by atoms with E-state index in [-0.39, 0.29) is 24.7 Å². The van der Waals surface area contributed by atoms with Gasteiger partial charge in [0.05, 0.1) is 30.6 Å². The first kappa shape index (κ1) is 18.7. The Hall–Kier alpha value is -3.12. The molecule has 0 aromatic carbocycles. The fourth-order valence-electron chi connectivity index (χ4n) is 2.70. The third kappa shape index (κ3) is 4.74. The molecule has 0 spiro atoms. The molecule has 0 fully saturated rings. The lowest BCUT2D eigenvalue weighted by molar-refractivity contribution is -0.117. The molecular formula is C18H20N6O3. The van der Waals surface area contributed by atoms with Crippen LogP contribution in [0.4, 0.5) is 11.5 Å². The molecule has 0 saturated heterocycles. The number of amides is 2. The van der Waals surface area contributed by atoms with Gasteiger partial charge >= 0.3 is 0 Å². The molecule has 0 radical (unpaired) electrons. The standard InChI is InChI=1S/C18H20N6O3/c1-3-4-8-18(22-23-18)9-7-16(25)20-13-5-6-15(19-11-13)24-17(26)10-14(21-24)12-27-2/h1,5-6,11H,4,7-10,12H2,2H3,(H,20,25). The van der Waals surface area contributed by atoms with Gasteiger partial charge in [0.25, 0.3) is 5.91 Å². The average molecular weight is 368 g/mol. The number of anilines is 2. The molecule has 2 aliphatic rings. The molecule has 3 heterocycles. The largest absolute Gasteiger partial charge is 0.379 e. The van der Waals surface area contributed by atoms with E-state index in [2.05, 4.69) is 31.6 Å². The van der Waals surface area contributed by atoms with Crippen molar-refractivity contribution >= 4 is 29.0 Å². The molecule has 2 amide bonds. The summed E-state index contributed by atoms with van der Waals surface area (Å²) in [7, 11) is 1.55. The number of ether oxygens (including phenoxy) is 1. The maximum absolute atomic E-state index is 12.1. The van der Waals surface area contributed by atoms with Crippen LogP contribution in [0.3, 0.4) is 0 Å². The summed E-state index contributed by atoms with van der Waals surface area (Å²) in [6.45, 7) is 0.303. The summed E-state index contributed by atoms with van der Waals surface area (Å²) < 4.78 is 4.99. The SMILES string of the molecule is C#CCCC1(CCC(=O)Nc2ccc(N3N=C(COC)CC3=O)nc2)N=N1. The number of nitrogens with one attached hydrogen (secondary N) is 1. The third-order valence-electron chi connectivity index (χ3n) is 4.20. The molecule has 1 N–H and O–H groups in total. The molecule has 0 bridgehead atoms. The molecule has 1 aromatic heterocycles. The van der Waals surface area contributed by atoms with Crippen LogP contribution >= 0.6 is 0 Å². The zero-order valence-corrected chi connectivity index (χ0v) is 15.0. The van der Waals surface area contributed by atoms with E-state index in [0.29, 0.717) is 43.1 Å². The maximum Gasteiger partial charge on any atom is 0.254 e. The molecule has 9 heteroatoms. The second-order valence-corrected chi connectivity index (χ2v) is 6.32. The van der Waals surface area contributed by atoms with Gasteiger partial charge in [0, 0.05) is 32.8 Å². The van der Waals surface area contributed by atoms with Gasteiger partial charge in [0.15, 0.2) is 11.5 Å². The number of nitrogens with zero attached hydrogens (tertiary/aromatic N) is 5. The van der Waals surface area contributed by atoms with Crippen molar-refractivity contribution < 1.29 is 14.3 Å². The molecule has 9 nitrogen and oxygen atoms in total. The Bertz CT molecular complexity index is 818. The van der Waals surface area contributed by atoms with Gasteiger partial charge in [-0.1, -0.05) is 0 Å². The second kappa shape index (κ2) is 8.05. The minimum Gasteiger partial charge on any atom is -0.379 e. The van der Waals surface area contributed by atoms with Crippen LogP contribution in [-0.2, 0) is 14.3 Å². The smallest absolute Gasteiger partial charge is 0.254 e. The maximum atomic E-state index is 12.1. The van der Waals surface area contributed by atoms with Crippen molar-refractivity contribution in [2.45, 2.75) is 37.8 Å². The molecule has 0 unspecified atom stereocenters. The quantitative estimate of drug-likeness (QED) is 0.673. The van der Waals surface area contributed by atoms with E-state index in [4.69, 9.17) is 11.2 Å². The number of pyridine rings is 1. The Kier molecular flexibility index (Phi) is 5.57. The van der Waals surface area contributed by atoms with Crippen LogP contribution in [0.25, 0.3) is 0 Å². The summed E-state index contributed by atoms with van der Waals surface area (Å²) in [5.74, 6) is 2.64. The number of carbonyl (C=O) groups is 2. The van der Waals surface area contributed by atoms with Crippen molar-refractivity contribution in [3.63, 3.8) is 0 Å². The number of rotatable bonds is 9. The van der Waals surface area contributed by atoms with Gasteiger partial charge in [0.2, 0.25) is 5.91 Å². The van der Waals surface area contributed by atoms with Crippen LogP contribution in [0.15, 0.2) is 33.7 Å². The zero-order chi connectivity index (χ0) is 19.3. The fraction of sp³-hybridized carbons (Fsp3) is 0.444. The van der Waals surface area contributed by atoms with E-state index in [9.17, 15) is 9.59 Å². The third-order valence-corrected chi connectivity index (χ3v) is 4.20. The van der Waals surface area contributed by atoms with Gasteiger partial charge in [-0.3, -0.25) is 9.59 Å². The summed E-state index contributed by atoms with van der Waals surface area (Å²) >= 11 is 0. The highest BCUT2D eigenvalue weighted by Gasteiger charge is 2.39. The topological polar surface area (TPSA) is 109 Å². The van der Waals surface area contributed by atoms with Crippen molar-refractivity contribution in [1.82, 2.24) is 4.98 Å². The number of hydrogen-bond acceptors (Lipinski definition) is 7. The van der Waals surface area contributed by atoms with Crippen molar-refractivity contribution in [3.8, 4) is 12.3 Å². The first-order chi connectivity index (χ1) is 13.0. The Labute approximate surface area is 156 Å². The molecule has 0 aliphatic carbocycles. The highest BCUT2D eigenvalue weighted by atomic mass is 16.5. The Balaban J connectivity index is 1.51. The number of terminal acetylenes is 1. The van der Waals surface area contributed by atoms with Crippen molar-refractivity contribution in [2.24, 2.45) is 15.3 Å². The van der Waals surface area contributed by atoms with E-state index in [1.54, 1.807) is 19.2 Å². The predicted molar refractivity (Wildman–Crippen MR) is 99.2 cm³/mol. The molecule has 2 aliphatic heterocycles. The van der Waals surface area contributed by atoms with Crippen molar-refractivity contribution in [3.05, 3.63) is 18.3 Å². The van der Waals surface area contributed by atoms with Crippen LogP contribution in [0.2, 0.25) is 0 Å². The lowest BCUT2D eigenvalue weighted by Crippen LogP contribution is -2.21. The number of methoxy groups -OCH3 is 1. The molecule has 0 saturated carbocycles. The minimum absolute atomic E-state index is 0.153. The molecule has 3 rings (SSSR count). The van der Waals surface area contributed by atoms with Gasteiger partial charge < -0.3 is 10.1 Å². The summed E-state index contributed by atoms with van der Waals surface area (Å²) in [5.41, 5.74) is 0.718. The van der Waals surface area contributed by atoms with Crippen molar-refractivity contribution in [1.29, 1.82) is 0 Å². The van der Waals surface area contributed by atoms with Gasteiger partial charge in [-0.05, 0) is 12.1 Å². The molecule has 140 valence electrons. The van der Waals surface area contributed by atoms with Crippen LogP contribution < -0.4 is 10.3 Å². The van der Waals surface area contributed by atoms with Crippen LogP contribution in [0.5, 0.6) is 0 Å². The lowest BCUT2D eigenvalue weighted by Gasteiger charge is -2.12. The highest BCUT2D eigenvalue weighted by Crippen LogP contribution is 2.37. The Morgan fingerprint density at radius 2 is 2.22 bits per heavy atom. The predicted octanol–water partition coefficient (Wildman–Crippen LogP) is 2.11. The van der Waals surface area contributed by atoms with Gasteiger partial charge in [-0.15, -0.1) is 12.3 Å². The molecular weight excluding hydrogens is 348 g/mol. The molecule has 0 atom stereocenters. The fourth-order valence-corrected chi connectivity index (χ4v) is 2.70. The van der Waals surface area contributed by atoms with Crippen LogP contribution in [0, 0.1) is 12.3 Å². The highest BCUT2D eigenvalue weighted by molar-refractivity contribution is 6.13. The number of aromatic nitrogens is 1. The van der Waals surface area contributed by atoms with E-state index in [1.807, 2.05) is 0 Å². The van der Waals surface area contributed by atoms with Gasteiger partial charge in [0.1, 0.15) is 0 Å². The second-order valence-electron chi connectivity index (χ2n) is 6.32. The first-order valence-electron chi connectivity index (χ1n) is 8.57. The number of hydrazone groups is 1. The van der Waals surface area contributed by atoms with E-state index < -0.39 is 5.66 Å². The average Bonchev–Trinajstić information content (AvgIpc) is 3.35. The van der Waals surface area contributed by atoms with Crippen LogP contribution in [0.1, 0.15) is 32.1 Å². The van der Waals surface area contributed by atoms with Crippen molar-refractivity contribution in [2.75, 3.05) is 24.0 Å². The Morgan fingerprint density at radius 1 is 1.41 bits per heavy atom.